The summed E-state index contributed by atoms with van der Waals surface area (Å²) >= 11 is 0. The monoisotopic (exact) mass is 358 g/mol. The average Bonchev–Trinajstić information content (AvgIpc) is 2.69. The molecule has 0 saturated heterocycles. The number of carbonyl (C=O) groups excluding carboxylic acids is 1. The van der Waals surface area contributed by atoms with Gasteiger partial charge in [-0.15, -0.1) is 0 Å². The summed E-state index contributed by atoms with van der Waals surface area (Å²) in [6.45, 7) is 4.36. The van der Waals surface area contributed by atoms with Crippen LogP contribution in [0.2, 0.25) is 0 Å². The second-order valence-corrected chi connectivity index (χ2v) is 8.02. The molecule has 0 spiro atoms. The second kappa shape index (κ2) is 12.1. The van der Waals surface area contributed by atoms with Gasteiger partial charge in [0.25, 0.3) is 0 Å². The van der Waals surface area contributed by atoms with Crippen molar-refractivity contribution in [2.45, 2.75) is 97.0 Å². The van der Waals surface area contributed by atoms with E-state index in [2.05, 4.69) is 26.0 Å². The van der Waals surface area contributed by atoms with Crippen molar-refractivity contribution in [3.05, 3.63) is 35.9 Å². The van der Waals surface area contributed by atoms with Crippen LogP contribution in [0.1, 0.15) is 103 Å². The van der Waals surface area contributed by atoms with Crippen LogP contribution in [0.3, 0.4) is 0 Å². The van der Waals surface area contributed by atoms with E-state index in [0.717, 1.165) is 30.7 Å². The molecule has 146 valence electrons. The standard InChI is InChI=1S/C24H38O2/c1-3-5-6-7-8-10-13-20-16-18-22(19-17-20)24(25)26-23(4-2)21-14-11-9-12-15-21/h9,11-12,14-15,20,22-23H,3-8,10,13,16-19H2,1-2H3. The molecule has 2 nitrogen and oxygen atoms in total. The summed E-state index contributed by atoms with van der Waals surface area (Å²) in [7, 11) is 0. The number of hydrogen-bond donors (Lipinski definition) is 0. The molecule has 1 fully saturated rings. The van der Waals surface area contributed by atoms with Crippen molar-refractivity contribution in [2.24, 2.45) is 11.8 Å². The minimum atomic E-state index is -0.0930. The molecule has 2 heteroatoms. The van der Waals surface area contributed by atoms with E-state index >= 15 is 0 Å². The third-order valence-electron chi connectivity index (χ3n) is 5.95. The Hall–Kier alpha value is -1.31. The molecule has 1 aromatic carbocycles. The molecule has 0 N–H and O–H groups in total. The zero-order chi connectivity index (χ0) is 18.6. The number of hydrogen-bond acceptors (Lipinski definition) is 2. The first kappa shape index (κ1) is 21.0. The quantitative estimate of drug-likeness (QED) is 0.308. The van der Waals surface area contributed by atoms with Crippen molar-refractivity contribution >= 4 is 5.97 Å². The first-order valence-corrected chi connectivity index (χ1v) is 11.0. The minimum Gasteiger partial charge on any atom is -0.457 e. The predicted octanol–water partition coefficient (Wildman–Crippen LogP) is 7.24. The van der Waals surface area contributed by atoms with Gasteiger partial charge in [0.2, 0.25) is 0 Å². The summed E-state index contributed by atoms with van der Waals surface area (Å²) in [6.07, 6.45) is 14.8. The minimum absolute atomic E-state index is 0.0266. The lowest BCUT2D eigenvalue weighted by Gasteiger charge is -2.28. The van der Waals surface area contributed by atoms with Crippen LogP contribution in [0.25, 0.3) is 0 Å². The van der Waals surface area contributed by atoms with E-state index in [1.807, 2.05) is 18.2 Å². The number of esters is 1. The van der Waals surface area contributed by atoms with E-state index in [0.29, 0.717) is 0 Å². The number of ether oxygens (including phenoxy) is 1. The maximum Gasteiger partial charge on any atom is 0.309 e. The lowest BCUT2D eigenvalue weighted by molar-refractivity contribution is -0.156. The second-order valence-electron chi connectivity index (χ2n) is 8.02. The summed E-state index contributed by atoms with van der Waals surface area (Å²) in [5.74, 6) is 0.980. The van der Waals surface area contributed by atoms with Crippen LogP contribution in [0.5, 0.6) is 0 Å². The molecule has 1 saturated carbocycles. The van der Waals surface area contributed by atoms with Crippen LogP contribution < -0.4 is 0 Å². The van der Waals surface area contributed by atoms with E-state index in [4.69, 9.17) is 4.74 Å². The Morgan fingerprint density at radius 2 is 1.62 bits per heavy atom. The van der Waals surface area contributed by atoms with Crippen LogP contribution >= 0.6 is 0 Å². The van der Waals surface area contributed by atoms with Crippen molar-refractivity contribution < 1.29 is 9.53 Å². The molecule has 26 heavy (non-hydrogen) atoms. The normalized spacial score (nSPS) is 21.3. The number of rotatable bonds is 11. The molecule has 2 rings (SSSR count). The van der Waals surface area contributed by atoms with Crippen LogP contribution in [0, 0.1) is 11.8 Å². The number of benzene rings is 1. The Kier molecular flexibility index (Phi) is 9.81. The highest BCUT2D eigenvalue weighted by Gasteiger charge is 2.28. The Morgan fingerprint density at radius 1 is 0.962 bits per heavy atom. The van der Waals surface area contributed by atoms with Crippen molar-refractivity contribution in [2.75, 3.05) is 0 Å². The van der Waals surface area contributed by atoms with Gasteiger partial charge in [0.05, 0.1) is 5.92 Å². The van der Waals surface area contributed by atoms with Gasteiger partial charge in [-0.3, -0.25) is 4.79 Å². The fourth-order valence-electron chi connectivity index (χ4n) is 4.19. The van der Waals surface area contributed by atoms with E-state index < -0.39 is 0 Å². The molecule has 1 aromatic rings. The third-order valence-corrected chi connectivity index (χ3v) is 5.95. The maximum absolute atomic E-state index is 12.6. The zero-order valence-corrected chi connectivity index (χ0v) is 16.9. The zero-order valence-electron chi connectivity index (χ0n) is 16.9. The highest BCUT2D eigenvalue weighted by molar-refractivity contribution is 5.72. The predicted molar refractivity (Wildman–Crippen MR) is 109 cm³/mol. The van der Waals surface area contributed by atoms with Crippen LogP contribution in [-0.2, 0) is 9.53 Å². The van der Waals surface area contributed by atoms with Crippen molar-refractivity contribution in [3.8, 4) is 0 Å². The highest BCUT2D eigenvalue weighted by atomic mass is 16.5. The van der Waals surface area contributed by atoms with Gasteiger partial charge < -0.3 is 4.74 Å². The Labute approximate surface area is 160 Å². The Balaban J connectivity index is 1.66. The molecule has 0 amide bonds. The largest absolute Gasteiger partial charge is 0.457 e. The smallest absolute Gasteiger partial charge is 0.309 e. The lowest BCUT2D eigenvalue weighted by Crippen LogP contribution is -2.25. The summed E-state index contributed by atoms with van der Waals surface area (Å²) in [4.78, 5) is 12.6. The number of unbranched alkanes of at least 4 members (excludes halogenated alkanes) is 5. The third kappa shape index (κ3) is 7.13. The first-order chi connectivity index (χ1) is 12.7. The fourth-order valence-corrected chi connectivity index (χ4v) is 4.19. The molecule has 0 aromatic heterocycles. The summed E-state index contributed by atoms with van der Waals surface area (Å²) < 4.78 is 5.86. The van der Waals surface area contributed by atoms with E-state index in [1.165, 1.54) is 57.8 Å². The molecular weight excluding hydrogens is 320 g/mol. The van der Waals surface area contributed by atoms with Crippen molar-refractivity contribution in [1.29, 1.82) is 0 Å². The van der Waals surface area contributed by atoms with Gasteiger partial charge in [-0.1, -0.05) is 89.1 Å². The molecule has 0 aliphatic heterocycles. The molecule has 1 atom stereocenters. The maximum atomic E-state index is 12.6. The van der Waals surface area contributed by atoms with Crippen LogP contribution in [-0.4, -0.2) is 5.97 Å². The van der Waals surface area contributed by atoms with E-state index in [1.54, 1.807) is 0 Å². The fraction of sp³-hybridized carbons (Fsp3) is 0.708. The SMILES string of the molecule is CCCCCCCCC1CCC(C(=O)OC(CC)c2ccccc2)CC1. The molecule has 0 heterocycles. The summed E-state index contributed by atoms with van der Waals surface area (Å²) in [5, 5.41) is 0. The van der Waals surface area contributed by atoms with Gasteiger partial charge in [-0.25, -0.2) is 0 Å². The summed E-state index contributed by atoms with van der Waals surface area (Å²) in [6, 6.07) is 10.1. The van der Waals surface area contributed by atoms with Crippen LogP contribution in [0.4, 0.5) is 0 Å². The molecule has 0 bridgehead atoms. The lowest BCUT2D eigenvalue weighted by atomic mass is 9.79. The summed E-state index contributed by atoms with van der Waals surface area (Å²) in [5.41, 5.74) is 1.11. The highest BCUT2D eigenvalue weighted by Crippen LogP contribution is 2.34. The number of carbonyl (C=O) groups is 1. The van der Waals surface area contributed by atoms with Gasteiger partial charge >= 0.3 is 5.97 Å². The molecule has 1 unspecified atom stereocenters. The van der Waals surface area contributed by atoms with Gasteiger partial charge in [0.15, 0.2) is 0 Å². The van der Waals surface area contributed by atoms with Crippen LogP contribution in [0.15, 0.2) is 30.3 Å². The molecule has 1 aliphatic carbocycles. The van der Waals surface area contributed by atoms with Gasteiger partial charge in [0, 0.05) is 0 Å². The van der Waals surface area contributed by atoms with E-state index in [-0.39, 0.29) is 18.0 Å². The molecule has 1 aliphatic rings. The van der Waals surface area contributed by atoms with Gasteiger partial charge in [0.1, 0.15) is 6.10 Å². The van der Waals surface area contributed by atoms with Gasteiger partial charge in [-0.05, 0) is 43.6 Å². The average molecular weight is 359 g/mol. The molecule has 0 radical (unpaired) electrons. The van der Waals surface area contributed by atoms with Crippen molar-refractivity contribution in [1.82, 2.24) is 0 Å². The Bertz CT molecular complexity index is 488. The first-order valence-electron chi connectivity index (χ1n) is 11.0. The Morgan fingerprint density at radius 3 is 2.27 bits per heavy atom. The van der Waals surface area contributed by atoms with E-state index in [9.17, 15) is 4.79 Å². The van der Waals surface area contributed by atoms with Crippen molar-refractivity contribution in [3.63, 3.8) is 0 Å². The molecular formula is C24H38O2. The topological polar surface area (TPSA) is 26.3 Å². The van der Waals surface area contributed by atoms with Gasteiger partial charge in [-0.2, -0.15) is 0 Å².